The lowest BCUT2D eigenvalue weighted by molar-refractivity contribution is -0.136. The van der Waals surface area contributed by atoms with Crippen LogP contribution in [0.2, 0.25) is 0 Å². The lowest BCUT2D eigenvalue weighted by Crippen LogP contribution is -2.54. The van der Waals surface area contributed by atoms with Crippen LogP contribution in [-0.2, 0) is 4.79 Å². The molecule has 0 aliphatic carbocycles. The van der Waals surface area contributed by atoms with Crippen molar-refractivity contribution in [3.05, 3.63) is 12.7 Å². The highest BCUT2D eigenvalue weighted by atomic mass is 16.2. The molecular weight excluding hydrogens is 188 g/mol. The average Bonchev–Trinajstić information content (AvgIpc) is 2.26. The first-order valence-corrected chi connectivity index (χ1v) is 5.74. The Bertz CT molecular complexity index is 210. The van der Waals surface area contributed by atoms with Crippen molar-refractivity contribution in [2.75, 3.05) is 13.1 Å². The topological polar surface area (TPSA) is 46.3 Å². The van der Waals surface area contributed by atoms with E-state index in [1.165, 1.54) is 0 Å². The number of nitrogens with two attached hydrogens (primary N) is 1. The van der Waals surface area contributed by atoms with Gasteiger partial charge >= 0.3 is 0 Å². The monoisotopic (exact) mass is 212 g/mol. The van der Waals surface area contributed by atoms with Gasteiger partial charge in [0, 0.05) is 13.1 Å². The maximum atomic E-state index is 12.2. The summed E-state index contributed by atoms with van der Waals surface area (Å²) in [5.74, 6) is 0.0502. The van der Waals surface area contributed by atoms with Gasteiger partial charge in [-0.05, 0) is 19.3 Å². The fraction of sp³-hybridized carbons (Fsp3) is 0.750. The number of nitrogens with zero attached hydrogens (tertiary/aromatic N) is 1. The minimum absolute atomic E-state index is 0.0502. The van der Waals surface area contributed by atoms with E-state index in [1.54, 1.807) is 11.0 Å². The molecule has 0 spiro atoms. The van der Waals surface area contributed by atoms with Gasteiger partial charge in [-0.25, -0.2) is 0 Å². The van der Waals surface area contributed by atoms with E-state index in [9.17, 15) is 4.79 Å². The Balaban J connectivity index is 4.66. The Morgan fingerprint density at radius 2 is 1.93 bits per heavy atom. The Hall–Kier alpha value is -0.830. The first-order chi connectivity index (χ1) is 7.05. The third-order valence-electron chi connectivity index (χ3n) is 2.82. The van der Waals surface area contributed by atoms with Crippen LogP contribution in [0, 0.1) is 0 Å². The zero-order valence-corrected chi connectivity index (χ0v) is 10.3. The van der Waals surface area contributed by atoms with Gasteiger partial charge in [-0.2, -0.15) is 0 Å². The van der Waals surface area contributed by atoms with Gasteiger partial charge in [-0.1, -0.05) is 26.8 Å². The number of hydrogen-bond acceptors (Lipinski definition) is 2. The van der Waals surface area contributed by atoms with Gasteiger partial charge in [0.25, 0.3) is 0 Å². The number of carbonyl (C=O) groups excluding carboxylic acids is 1. The van der Waals surface area contributed by atoms with Gasteiger partial charge in [-0.15, -0.1) is 6.58 Å². The van der Waals surface area contributed by atoms with Gasteiger partial charge in [0.05, 0.1) is 5.54 Å². The van der Waals surface area contributed by atoms with Crippen LogP contribution in [0.15, 0.2) is 12.7 Å². The lowest BCUT2D eigenvalue weighted by Gasteiger charge is -2.32. The Morgan fingerprint density at radius 3 is 2.27 bits per heavy atom. The van der Waals surface area contributed by atoms with E-state index < -0.39 is 5.54 Å². The van der Waals surface area contributed by atoms with E-state index in [0.717, 1.165) is 13.0 Å². The molecule has 0 saturated carbocycles. The summed E-state index contributed by atoms with van der Waals surface area (Å²) in [4.78, 5) is 14.0. The van der Waals surface area contributed by atoms with Crippen LogP contribution < -0.4 is 5.73 Å². The molecule has 0 aliphatic rings. The second-order valence-corrected chi connectivity index (χ2v) is 3.90. The summed E-state index contributed by atoms with van der Waals surface area (Å²) in [7, 11) is 0. The Morgan fingerprint density at radius 1 is 1.40 bits per heavy atom. The minimum Gasteiger partial charge on any atom is -0.337 e. The molecule has 0 aromatic carbocycles. The second-order valence-electron chi connectivity index (χ2n) is 3.90. The van der Waals surface area contributed by atoms with Crippen molar-refractivity contribution in [1.29, 1.82) is 0 Å². The van der Waals surface area contributed by atoms with Crippen molar-refractivity contribution in [2.24, 2.45) is 5.73 Å². The van der Waals surface area contributed by atoms with Gasteiger partial charge in [0.2, 0.25) is 5.91 Å². The molecule has 0 rings (SSSR count). The van der Waals surface area contributed by atoms with E-state index in [1.807, 2.05) is 13.8 Å². The summed E-state index contributed by atoms with van der Waals surface area (Å²) >= 11 is 0. The smallest absolute Gasteiger partial charge is 0.242 e. The molecule has 0 fully saturated rings. The highest BCUT2D eigenvalue weighted by Gasteiger charge is 2.33. The molecule has 0 aliphatic heterocycles. The molecule has 2 N–H and O–H groups in total. The van der Waals surface area contributed by atoms with E-state index in [4.69, 9.17) is 5.73 Å². The summed E-state index contributed by atoms with van der Waals surface area (Å²) in [5, 5.41) is 0. The van der Waals surface area contributed by atoms with Crippen molar-refractivity contribution in [1.82, 2.24) is 4.90 Å². The SMILES string of the molecule is C=CCN(CCC)C(=O)C(N)(CC)CC. The molecule has 0 aromatic rings. The number of carbonyl (C=O) groups is 1. The summed E-state index contributed by atoms with van der Waals surface area (Å²) in [5.41, 5.74) is 5.38. The Kier molecular flexibility index (Phi) is 6.25. The standard InChI is InChI=1S/C12H24N2O/c1-5-9-14(10-6-2)11(15)12(13,7-3)8-4/h5H,1,6-10,13H2,2-4H3. The summed E-state index contributed by atoms with van der Waals surface area (Å²) < 4.78 is 0. The zero-order valence-electron chi connectivity index (χ0n) is 10.3. The highest BCUT2D eigenvalue weighted by molar-refractivity contribution is 5.86. The molecule has 0 saturated heterocycles. The van der Waals surface area contributed by atoms with E-state index in [-0.39, 0.29) is 5.91 Å². The van der Waals surface area contributed by atoms with E-state index >= 15 is 0 Å². The van der Waals surface area contributed by atoms with Crippen molar-refractivity contribution >= 4 is 5.91 Å². The number of rotatable bonds is 7. The molecule has 1 amide bonds. The molecular formula is C12H24N2O. The first-order valence-electron chi connectivity index (χ1n) is 5.74. The van der Waals surface area contributed by atoms with Crippen LogP contribution in [0.1, 0.15) is 40.0 Å². The largest absolute Gasteiger partial charge is 0.337 e. The third kappa shape index (κ3) is 3.67. The van der Waals surface area contributed by atoms with Crippen LogP contribution in [0.5, 0.6) is 0 Å². The van der Waals surface area contributed by atoms with E-state index in [0.29, 0.717) is 19.4 Å². The third-order valence-corrected chi connectivity index (χ3v) is 2.82. The predicted octanol–water partition coefficient (Wildman–Crippen LogP) is 1.93. The maximum Gasteiger partial charge on any atom is 0.242 e. The predicted molar refractivity (Wildman–Crippen MR) is 64.6 cm³/mol. The molecule has 0 unspecified atom stereocenters. The van der Waals surface area contributed by atoms with Crippen molar-refractivity contribution in [3.63, 3.8) is 0 Å². The molecule has 0 aromatic heterocycles. The van der Waals surface area contributed by atoms with Crippen LogP contribution in [0.25, 0.3) is 0 Å². The molecule has 0 heterocycles. The minimum atomic E-state index is -0.696. The van der Waals surface area contributed by atoms with Crippen LogP contribution in [0.4, 0.5) is 0 Å². The van der Waals surface area contributed by atoms with E-state index in [2.05, 4.69) is 13.5 Å². The Labute approximate surface area is 93.3 Å². The van der Waals surface area contributed by atoms with Crippen LogP contribution in [-0.4, -0.2) is 29.4 Å². The summed E-state index contributed by atoms with van der Waals surface area (Å²) in [6.07, 6.45) is 4.06. The summed E-state index contributed by atoms with van der Waals surface area (Å²) in [6.45, 7) is 11.0. The van der Waals surface area contributed by atoms with Gasteiger partial charge < -0.3 is 10.6 Å². The van der Waals surface area contributed by atoms with Gasteiger partial charge in [0.1, 0.15) is 0 Å². The van der Waals surface area contributed by atoms with Crippen LogP contribution >= 0.6 is 0 Å². The van der Waals surface area contributed by atoms with Crippen LogP contribution in [0.3, 0.4) is 0 Å². The average molecular weight is 212 g/mol. The normalized spacial score (nSPS) is 11.2. The maximum absolute atomic E-state index is 12.2. The molecule has 0 atom stereocenters. The fourth-order valence-corrected chi connectivity index (χ4v) is 1.57. The first kappa shape index (κ1) is 14.2. The molecule has 3 heteroatoms. The summed E-state index contributed by atoms with van der Waals surface area (Å²) in [6, 6.07) is 0. The second kappa shape index (κ2) is 6.62. The zero-order chi connectivity index (χ0) is 11.9. The van der Waals surface area contributed by atoms with Crippen molar-refractivity contribution in [2.45, 2.75) is 45.6 Å². The molecule has 0 bridgehead atoms. The fourth-order valence-electron chi connectivity index (χ4n) is 1.57. The van der Waals surface area contributed by atoms with Gasteiger partial charge in [-0.3, -0.25) is 4.79 Å². The van der Waals surface area contributed by atoms with Crippen molar-refractivity contribution < 1.29 is 4.79 Å². The number of hydrogen-bond donors (Lipinski definition) is 1. The number of amides is 1. The van der Waals surface area contributed by atoms with Gasteiger partial charge in [0.15, 0.2) is 0 Å². The molecule has 3 nitrogen and oxygen atoms in total. The lowest BCUT2D eigenvalue weighted by atomic mass is 9.92. The van der Waals surface area contributed by atoms with Crippen molar-refractivity contribution in [3.8, 4) is 0 Å². The quantitative estimate of drug-likeness (QED) is 0.655. The molecule has 0 radical (unpaired) electrons. The molecule has 88 valence electrons. The molecule has 15 heavy (non-hydrogen) atoms. The highest BCUT2D eigenvalue weighted by Crippen LogP contribution is 2.15.